The molecular weight excluding hydrogens is 271 g/mol. The second kappa shape index (κ2) is 6.44. The molecule has 0 fully saturated rings. The van der Waals surface area contributed by atoms with E-state index in [-0.39, 0.29) is 5.57 Å². The van der Waals surface area contributed by atoms with Crippen LogP contribution >= 0.6 is 0 Å². The first kappa shape index (κ1) is 14.4. The van der Waals surface area contributed by atoms with Gasteiger partial charge in [0.25, 0.3) is 0 Å². The van der Waals surface area contributed by atoms with Gasteiger partial charge < -0.3 is 4.74 Å². The Kier molecular flexibility index (Phi) is 4.42. The molecule has 21 heavy (non-hydrogen) atoms. The Bertz CT molecular complexity index is 748. The zero-order valence-electron chi connectivity index (χ0n) is 11.3. The van der Waals surface area contributed by atoms with Crippen LogP contribution in [0.25, 0.3) is 16.6 Å². The molecule has 0 aliphatic heterocycles. The highest BCUT2D eigenvalue weighted by atomic mass is 19.1. The molecule has 0 aliphatic carbocycles. The van der Waals surface area contributed by atoms with Crippen molar-refractivity contribution in [2.45, 2.75) is 0 Å². The van der Waals surface area contributed by atoms with Gasteiger partial charge in [-0.1, -0.05) is 24.3 Å². The van der Waals surface area contributed by atoms with Crippen LogP contribution in [0.15, 0.2) is 48.5 Å². The zero-order valence-corrected chi connectivity index (χ0v) is 11.3. The van der Waals surface area contributed by atoms with Gasteiger partial charge in [-0.15, -0.1) is 0 Å². The molecule has 0 atom stereocenters. The van der Waals surface area contributed by atoms with E-state index in [1.807, 2.05) is 0 Å². The SMILES string of the molecule is COC(=O)/C(=C/c1ccccc1[N+]#N)c1cccc(F)c1. The van der Waals surface area contributed by atoms with Crippen molar-refractivity contribution in [3.63, 3.8) is 0 Å². The Morgan fingerprint density at radius 2 is 2.00 bits per heavy atom. The number of halogens is 1. The van der Waals surface area contributed by atoms with Crippen LogP contribution in [0.4, 0.5) is 10.1 Å². The Labute approximate surface area is 121 Å². The van der Waals surface area contributed by atoms with Crippen molar-refractivity contribution in [1.82, 2.24) is 0 Å². The predicted octanol–water partition coefficient (Wildman–Crippen LogP) is 4.02. The quantitative estimate of drug-likeness (QED) is 0.370. The third-order valence-electron chi connectivity index (χ3n) is 2.89. The Morgan fingerprint density at radius 1 is 1.24 bits per heavy atom. The van der Waals surface area contributed by atoms with Crippen LogP contribution < -0.4 is 0 Å². The van der Waals surface area contributed by atoms with Crippen molar-refractivity contribution in [2.24, 2.45) is 0 Å². The second-order valence-corrected chi connectivity index (χ2v) is 4.22. The fourth-order valence-corrected chi connectivity index (χ4v) is 1.88. The summed E-state index contributed by atoms with van der Waals surface area (Å²) in [4.78, 5) is 15.1. The summed E-state index contributed by atoms with van der Waals surface area (Å²) in [5.74, 6) is -1.06. The third kappa shape index (κ3) is 3.31. The number of diazo groups is 1. The normalized spacial score (nSPS) is 10.8. The molecule has 2 aromatic carbocycles. The first-order chi connectivity index (χ1) is 10.2. The molecule has 0 saturated heterocycles. The van der Waals surface area contributed by atoms with E-state index in [2.05, 4.69) is 4.98 Å². The standard InChI is InChI=1S/C16H12FN2O2/c1-21-16(20)14(11-6-4-7-13(17)9-11)10-12-5-2-3-8-15(12)19-18/h2-10H,1H3/q+1/b14-10+. The molecular formula is C16H12FN2O2+. The maximum atomic E-state index is 13.3. The van der Waals surface area contributed by atoms with Gasteiger partial charge in [-0.25, -0.2) is 9.18 Å². The molecule has 2 rings (SSSR count). The van der Waals surface area contributed by atoms with Gasteiger partial charge in [0.1, 0.15) is 5.82 Å². The summed E-state index contributed by atoms with van der Waals surface area (Å²) in [6.07, 6.45) is 1.50. The van der Waals surface area contributed by atoms with Crippen LogP contribution in [0.3, 0.4) is 0 Å². The molecule has 0 spiro atoms. The van der Waals surface area contributed by atoms with Crippen molar-refractivity contribution in [2.75, 3.05) is 7.11 Å². The van der Waals surface area contributed by atoms with Gasteiger partial charge in [-0.05, 0) is 29.8 Å². The number of methoxy groups -OCH3 is 1. The Morgan fingerprint density at radius 3 is 2.67 bits per heavy atom. The minimum Gasteiger partial charge on any atom is -0.465 e. The van der Waals surface area contributed by atoms with Crippen molar-refractivity contribution in [3.05, 3.63) is 70.5 Å². The number of ether oxygens (including phenoxy) is 1. The molecule has 0 N–H and O–H groups in total. The summed E-state index contributed by atoms with van der Waals surface area (Å²) in [7, 11) is 1.25. The fraction of sp³-hybridized carbons (Fsp3) is 0.0625. The maximum Gasteiger partial charge on any atom is 0.392 e. The molecule has 2 aromatic rings. The molecule has 0 amide bonds. The maximum absolute atomic E-state index is 13.3. The summed E-state index contributed by atoms with van der Waals surface area (Å²) in [6, 6.07) is 12.3. The molecule has 5 heteroatoms. The van der Waals surface area contributed by atoms with Crippen molar-refractivity contribution < 1.29 is 13.9 Å². The van der Waals surface area contributed by atoms with Crippen LogP contribution in [0.2, 0.25) is 0 Å². The fourth-order valence-electron chi connectivity index (χ4n) is 1.88. The Balaban J connectivity index is 2.58. The summed E-state index contributed by atoms with van der Waals surface area (Å²) < 4.78 is 18.1. The molecule has 0 bridgehead atoms. The minimum atomic E-state index is -0.603. The molecule has 0 unspecified atom stereocenters. The lowest BCUT2D eigenvalue weighted by Gasteiger charge is -2.05. The number of hydrogen-bond donors (Lipinski definition) is 0. The van der Waals surface area contributed by atoms with Crippen LogP contribution in [-0.2, 0) is 9.53 Å². The molecule has 0 aromatic heterocycles. The van der Waals surface area contributed by atoms with Crippen molar-refractivity contribution in [1.29, 1.82) is 5.39 Å². The summed E-state index contributed by atoms with van der Waals surface area (Å²) >= 11 is 0. The van der Waals surface area contributed by atoms with E-state index in [0.29, 0.717) is 16.8 Å². The van der Waals surface area contributed by atoms with Gasteiger partial charge in [0.05, 0.1) is 18.2 Å². The van der Waals surface area contributed by atoms with Gasteiger partial charge in [0.2, 0.25) is 5.39 Å². The number of benzene rings is 2. The van der Waals surface area contributed by atoms with E-state index in [9.17, 15) is 9.18 Å². The number of carbonyl (C=O) groups is 1. The first-order valence-electron chi connectivity index (χ1n) is 6.16. The lowest BCUT2D eigenvalue weighted by molar-refractivity contribution is -0.133. The topological polar surface area (TPSA) is 54.5 Å². The summed E-state index contributed by atoms with van der Waals surface area (Å²) in [5.41, 5.74) is 1.38. The highest BCUT2D eigenvalue weighted by Crippen LogP contribution is 2.26. The molecule has 0 radical (unpaired) electrons. The second-order valence-electron chi connectivity index (χ2n) is 4.22. The van der Waals surface area contributed by atoms with Crippen molar-refractivity contribution >= 4 is 23.3 Å². The van der Waals surface area contributed by atoms with Gasteiger partial charge in [-0.2, -0.15) is 0 Å². The highest BCUT2D eigenvalue weighted by molar-refractivity contribution is 6.21. The summed E-state index contributed by atoms with van der Waals surface area (Å²) in [5, 5.41) is 8.96. The molecule has 4 nitrogen and oxygen atoms in total. The van der Waals surface area contributed by atoms with Gasteiger partial charge in [-0.3, -0.25) is 0 Å². The predicted molar refractivity (Wildman–Crippen MR) is 77.5 cm³/mol. The van der Waals surface area contributed by atoms with Crippen LogP contribution in [0.1, 0.15) is 11.1 Å². The minimum absolute atomic E-state index is 0.174. The average molecular weight is 283 g/mol. The van der Waals surface area contributed by atoms with E-state index in [4.69, 9.17) is 10.1 Å². The van der Waals surface area contributed by atoms with Gasteiger partial charge >= 0.3 is 11.7 Å². The highest BCUT2D eigenvalue weighted by Gasteiger charge is 2.17. The number of esters is 1. The number of nitrogens with zero attached hydrogens (tertiary/aromatic N) is 2. The Hall–Kier alpha value is -3.00. The number of rotatable bonds is 3. The molecule has 0 heterocycles. The third-order valence-corrected chi connectivity index (χ3v) is 2.89. The smallest absolute Gasteiger partial charge is 0.392 e. The first-order valence-corrected chi connectivity index (χ1v) is 6.16. The van der Waals surface area contributed by atoms with Gasteiger partial charge in [0.15, 0.2) is 4.98 Å². The van der Waals surface area contributed by atoms with Crippen molar-refractivity contribution in [3.8, 4) is 0 Å². The summed E-state index contributed by atoms with van der Waals surface area (Å²) in [6.45, 7) is 0. The number of hydrogen-bond acceptors (Lipinski definition) is 3. The van der Waals surface area contributed by atoms with Gasteiger partial charge in [0, 0.05) is 6.07 Å². The lowest BCUT2D eigenvalue weighted by Crippen LogP contribution is -2.04. The largest absolute Gasteiger partial charge is 0.465 e. The van der Waals surface area contributed by atoms with E-state index in [1.54, 1.807) is 30.3 Å². The molecule has 0 saturated carbocycles. The molecule has 0 aliphatic rings. The van der Waals surface area contributed by atoms with E-state index in [0.717, 1.165) is 0 Å². The average Bonchev–Trinajstić information content (AvgIpc) is 2.52. The zero-order chi connectivity index (χ0) is 15.2. The molecule has 104 valence electrons. The van der Waals surface area contributed by atoms with Crippen LogP contribution in [0, 0.1) is 11.2 Å². The van der Waals surface area contributed by atoms with E-state index >= 15 is 0 Å². The monoisotopic (exact) mass is 283 g/mol. The number of carbonyl (C=O) groups excluding carboxylic acids is 1. The van der Waals surface area contributed by atoms with E-state index in [1.165, 1.54) is 31.4 Å². The van der Waals surface area contributed by atoms with E-state index < -0.39 is 11.8 Å². The van der Waals surface area contributed by atoms with Crippen LogP contribution in [-0.4, -0.2) is 13.1 Å². The lowest BCUT2D eigenvalue weighted by atomic mass is 10.0. The van der Waals surface area contributed by atoms with Crippen LogP contribution in [0.5, 0.6) is 0 Å².